The Labute approximate surface area is 103 Å². The number of hydrogen-bond acceptors (Lipinski definition) is 4. The quantitative estimate of drug-likeness (QED) is 0.864. The molecule has 1 aliphatic rings. The van der Waals surface area contributed by atoms with Crippen molar-refractivity contribution in [1.29, 1.82) is 0 Å². The van der Waals surface area contributed by atoms with Crippen molar-refractivity contribution in [1.82, 2.24) is 15.3 Å². The highest BCUT2D eigenvalue weighted by Gasteiger charge is 2.23. The van der Waals surface area contributed by atoms with Crippen molar-refractivity contribution in [2.24, 2.45) is 0 Å². The van der Waals surface area contributed by atoms with Gasteiger partial charge in [0.1, 0.15) is 11.6 Å². The highest BCUT2D eigenvalue weighted by atomic mass is 15.2. The van der Waals surface area contributed by atoms with E-state index in [0.717, 1.165) is 30.4 Å². The van der Waals surface area contributed by atoms with Gasteiger partial charge in [0.2, 0.25) is 0 Å². The lowest BCUT2D eigenvalue weighted by molar-refractivity contribution is 0.443. The van der Waals surface area contributed by atoms with Gasteiger partial charge in [0.05, 0.1) is 0 Å². The van der Waals surface area contributed by atoms with E-state index in [1.165, 1.54) is 19.3 Å². The molecule has 1 aromatic heterocycles. The molecule has 1 saturated heterocycles. The highest BCUT2D eigenvalue weighted by Crippen LogP contribution is 2.23. The van der Waals surface area contributed by atoms with Crippen LogP contribution in [0.15, 0.2) is 6.07 Å². The van der Waals surface area contributed by atoms with Crippen LogP contribution in [0, 0.1) is 13.8 Å². The standard InChI is InChI=1S/C13H22N4/c1-10-8-13(16-11(2)15-10)17-7-5-4-6-12(17)9-14-3/h8,12,14H,4-7,9H2,1-3H3. The molecule has 1 fully saturated rings. The highest BCUT2D eigenvalue weighted by molar-refractivity contribution is 5.41. The molecule has 2 heterocycles. The fourth-order valence-corrected chi connectivity index (χ4v) is 2.59. The summed E-state index contributed by atoms with van der Waals surface area (Å²) in [7, 11) is 2.02. The lowest BCUT2D eigenvalue weighted by Crippen LogP contribution is -2.45. The summed E-state index contributed by atoms with van der Waals surface area (Å²) in [5.74, 6) is 1.96. The predicted molar refractivity (Wildman–Crippen MR) is 70.4 cm³/mol. The molecule has 1 aliphatic heterocycles. The summed E-state index contributed by atoms with van der Waals surface area (Å²) >= 11 is 0. The second kappa shape index (κ2) is 5.45. The first-order valence-electron chi connectivity index (χ1n) is 6.44. The third-order valence-corrected chi connectivity index (χ3v) is 3.31. The Bertz CT molecular complexity index is 355. The molecular formula is C13H22N4. The summed E-state index contributed by atoms with van der Waals surface area (Å²) < 4.78 is 0. The smallest absolute Gasteiger partial charge is 0.132 e. The molecule has 0 aliphatic carbocycles. The third kappa shape index (κ3) is 2.94. The van der Waals surface area contributed by atoms with E-state index >= 15 is 0 Å². The average molecular weight is 234 g/mol. The van der Waals surface area contributed by atoms with Gasteiger partial charge in [-0.2, -0.15) is 0 Å². The Morgan fingerprint density at radius 1 is 1.35 bits per heavy atom. The first kappa shape index (κ1) is 12.3. The molecule has 17 heavy (non-hydrogen) atoms. The number of anilines is 1. The van der Waals surface area contributed by atoms with Gasteiger partial charge >= 0.3 is 0 Å². The van der Waals surface area contributed by atoms with E-state index in [0.29, 0.717) is 6.04 Å². The molecule has 0 bridgehead atoms. The minimum Gasteiger partial charge on any atom is -0.352 e. The van der Waals surface area contributed by atoms with Gasteiger partial charge in [0, 0.05) is 30.9 Å². The van der Waals surface area contributed by atoms with Gasteiger partial charge in [0.15, 0.2) is 0 Å². The van der Waals surface area contributed by atoms with Crippen molar-refractivity contribution < 1.29 is 0 Å². The maximum Gasteiger partial charge on any atom is 0.132 e. The Morgan fingerprint density at radius 2 is 2.18 bits per heavy atom. The number of nitrogens with zero attached hydrogens (tertiary/aromatic N) is 3. The van der Waals surface area contributed by atoms with Crippen molar-refractivity contribution in [3.05, 3.63) is 17.6 Å². The van der Waals surface area contributed by atoms with Crippen LogP contribution in [0.4, 0.5) is 5.82 Å². The molecule has 4 nitrogen and oxygen atoms in total. The van der Waals surface area contributed by atoms with E-state index in [1.54, 1.807) is 0 Å². The maximum absolute atomic E-state index is 4.58. The fourth-order valence-electron chi connectivity index (χ4n) is 2.59. The Morgan fingerprint density at radius 3 is 2.88 bits per heavy atom. The SMILES string of the molecule is CNCC1CCCCN1c1cc(C)nc(C)n1. The number of likely N-dealkylation sites (N-methyl/N-ethyl adjacent to an activating group) is 1. The number of aryl methyl sites for hydroxylation is 2. The molecule has 2 rings (SSSR count). The van der Waals surface area contributed by atoms with Crippen molar-refractivity contribution in [2.75, 3.05) is 25.0 Å². The molecule has 1 N–H and O–H groups in total. The van der Waals surface area contributed by atoms with E-state index < -0.39 is 0 Å². The first-order valence-corrected chi connectivity index (χ1v) is 6.44. The number of hydrogen-bond donors (Lipinski definition) is 1. The van der Waals surface area contributed by atoms with Crippen LogP contribution in [0.2, 0.25) is 0 Å². The number of piperidine rings is 1. The number of aromatic nitrogens is 2. The Hall–Kier alpha value is -1.16. The molecule has 1 atom stereocenters. The number of rotatable bonds is 3. The average Bonchev–Trinajstić information content (AvgIpc) is 2.29. The van der Waals surface area contributed by atoms with Crippen LogP contribution in [-0.2, 0) is 0 Å². The summed E-state index contributed by atoms with van der Waals surface area (Å²) in [5.41, 5.74) is 1.06. The second-order valence-corrected chi connectivity index (χ2v) is 4.82. The van der Waals surface area contributed by atoms with Crippen LogP contribution in [0.25, 0.3) is 0 Å². The second-order valence-electron chi connectivity index (χ2n) is 4.82. The Balaban J connectivity index is 2.22. The topological polar surface area (TPSA) is 41.0 Å². The summed E-state index contributed by atoms with van der Waals surface area (Å²) in [5, 5.41) is 3.28. The molecule has 1 unspecified atom stereocenters. The summed E-state index contributed by atoms with van der Waals surface area (Å²) in [4.78, 5) is 11.4. The minimum atomic E-state index is 0.572. The zero-order chi connectivity index (χ0) is 12.3. The monoisotopic (exact) mass is 234 g/mol. The maximum atomic E-state index is 4.58. The molecule has 0 aromatic carbocycles. The van der Waals surface area contributed by atoms with Crippen LogP contribution in [-0.4, -0.2) is 36.1 Å². The zero-order valence-corrected chi connectivity index (χ0v) is 11.0. The third-order valence-electron chi connectivity index (χ3n) is 3.31. The molecule has 0 radical (unpaired) electrons. The minimum absolute atomic E-state index is 0.572. The van der Waals surface area contributed by atoms with Crippen LogP contribution in [0.1, 0.15) is 30.8 Å². The largest absolute Gasteiger partial charge is 0.352 e. The van der Waals surface area contributed by atoms with Gasteiger partial charge in [-0.3, -0.25) is 0 Å². The van der Waals surface area contributed by atoms with Gasteiger partial charge in [-0.15, -0.1) is 0 Å². The van der Waals surface area contributed by atoms with Gasteiger partial charge in [-0.1, -0.05) is 0 Å². The van der Waals surface area contributed by atoms with E-state index in [1.807, 2.05) is 20.9 Å². The van der Waals surface area contributed by atoms with Crippen LogP contribution in [0.5, 0.6) is 0 Å². The van der Waals surface area contributed by atoms with Crippen LogP contribution in [0.3, 0.4) is 0 Å². The summed E-state index contributed by atoms with van der Waals surface area (Å²) in [6, 6.07) is 2.67. The van der Waals surface area contributed by atoms with Crippen LogP contribution >= 0.6 is 0 Å². The van der Waals surface area contributed by atoms with Gasteiger partial charge in [-0.25, -0.2) is 9.97 Å². The molecule has 1 aromatic rings. The van der Waals surface area contributed by atoms with Crippen molar-refractivity contribution in [3.8, 4) is 0 Å². The van der Waals surface area contributed by atoms with Crippen molar-refractivity contribution in [2.45, 2.75) is 39.2 Å². The molecule has 0 spiro atoms. The first-order chi connectivity index (χ1) is 8.20. The zero-order valence-electron chi connectivity index (χ0n) is 11.0. The normalized spacial score (nSPS) is 20.6. The van der Waals surface area contributed by atoms with Crippen LogP contribution < -0.4 is 10.2 Å². The lowest BCUT2D eigenvalue weighted by atomic mass is 10.0. The number of nitrogens with one attached hydrogen (secondary N) is 1. The Kier molecular flexibility index (Phi) is 3.94. The van der Waals surface area contributed by atoms with Gasteiger partial charge in [0.25, 0.3) is 0 Å². The molecule has 0 saturated carbocycles. The van der Waals surface area contributed by atoms with Gasteiger partial charge < -0.3 is 10.2 Å². The van der Waals surface area contributed by atoms with E-state index in [9.17, 15) is 0 Å². The van der Waals surface area contributed by atoms with E-state index in [-0.39, 0.29) is 0 Å². The summed E-state index contributed by atoms with van der Waals surface area (Å²) in [6.45, 7) is 6.15. The predicted octanol–water partition coefficient (Wildman–Crippen LogP) is 1.67. The fraction of sp³-hybridized carbons (Fsp3) is 0.692. The summed E-state index contributed by atoms with van der Waals surface area (Å²) in [6.07, 6.45) is 3.84. The molecule has 0 amide bonds. The van der Waals surface area contributed by atoms with Crippen molar-refractivity contribution in [3.63, 3.8) is 0 Å². The molecular weight excluding hydrogens is 212 g/mol. The molecule has 94 valence electrons. The van der Waals surface area contributed by atoms with Crippen molar-refractivity contribution >= 4 is 5.82 Å². The van der Waals surface area contributed by atoms with E-state index in [2.05, 4.69) is 26.3 Å². The molecule has 4 heteroatoms. The lowest BCUT2D eigenvalue weighted by Gasteiger charge is -2.36. The van der Waals surface area contributed by atoms with E-state index in [4.69, 9.17) is 0 Å². The van der Waals surface area contributed by atoms with Gasteiger partial charge in [-0.05, 0) is 40.2 Å².